The molecule has 1 aliphatic rings. The van der Waals surface area contributed by atoms with E-state index in [4.69, 9.17) is 17.3 Å². The Labute approximate surface area is 157 Å². The van der Waals surface area contributed by atoms with Crippen LogP contribution >= 0.6 is 11.6 Å². The Bertz CT molecular complexity index is 939. The number of Topliss-reactive ketones (excluding diaryl/α,β-unsaturated/α-hetero) is 1. The van der Waals surface area contributed by atoms with E-state index in [9.17, 15) is 13.2 Å². The van der Waals surface area contributed by atoms with Crippen LogP contribution in [0.5, 0.6) is 0 Å². The lowest BCUT2D eigenvalue weighted by atomic mass is 10.1. The molecule has 0 aromatic heterocycles. The molecular weight excluding hydrogens is 374 g/mol. The third-order valence-corrected chi connectivity index (χ3v) is 6.05. The third kappa shape index (κ3) is 3.80. The number of nitrogens with zero attached hydrogens (tertiary/aromatic N) is 2. The molecular formula is C18H18ClN3O3S. The molecule has 2 aromatic rings. The van der Waals surface area contributed by atoms with Gasteiger partial charge in [0.2, 0.25) is 0 Å². The summed E-state index contributed by atoms with van der Waals surface area (Å²) in [5, 5.41) is 4.95. The minimum atomic E-state index is -3.78. The molecule has 0 bridgehead atoms. The minimum absolute atomic E-state index is 0.0900. The molecule has 6 nitrogen and oxygen atoms in total. The van der Waals surface area contributed by atoms with Gasteiger partial charge in [-0.15, -0.1) is 0 Å². The lowest BCUT2D eigenvalue weighted by Gasteiger charge is -2.25. The van der Waals surface area contributed by atoms with Gasteiger partial charge >= 0.3 is 0 Å². The lowest BCUT2D eigenvalue weighted by molar-refractivity contribution is 0.100. The van der Waals surface area contributed by atoms with Crippen molar-refractivity contribution in [2.24, 2.45) is 10.8 Å². The van der Waals surface area contributed by atoms with Crippen molar-refractivity contribution in [3.8, 4) is 0 Å². The molecule has 136 valence electrons. The fraction of sp³-hybridized carbons (Fsp3) is 0.222. The first-order valence-corrected chi connectivity index (χ1v) is 9.93. The zero-order valence-corrected chi connectivity index (χ0v) is 15.5. The number of hydrazone groups is 1. The molecule has 0 atom stereocenters. The van der Waals surface area contributed by atoms with Gasteiger partial charge in [0.05, 0.1) is 23.7 Å². The van der Waals surface area contributed by atoms with Gasteiger partial charge in [0.15, 0.2) is 5.78 Å². The summed E-state index contributed by atoms with van der Waals surface area (Å²) in [6, 6.07) is 12.9. The average molecular weight is 392 g/mol. The number of halogens is 1. The summed E-state index contributed by atoms with van der Waals surface area (Å²) in [6.07, 6.45) is 1.36. The maximum atomic E-state index is 12.9. The van der Waals surface area contributed by atoms with Crippen LogP contribution in [0.25, 0.3) is 0 Å². The quantitative estimate of drug-likeness (QED) is 0.793. The normalized spacial score (nSPS) is 14.8. The van der Waals surface area contributed by atoms with Gasteiger partial charge in [0.1, 0.15) is 0 Å². The van der Waals surface area contributed by atoms with Crippen LogP contribution in [0, 0.1) is 0 Å². The molecule has 3 rings (SSSR count). The van der Waals surface area contributed by atoms with E-state index in [1.807, 2.05) is 12.1 Å². The maximum absolute atomic E-state index is 12.9. The van der Waals surface area contributed by atoms with Gasteiger partial charge in [-0.1, -0.05) is 23.7 Å². The van der Waals surface area contributed by atoms with Crippen LogP contribution in [-0.2, 0) is 10.0 Å². The summed E-state index contributed by atoms with van der Waals surface area (Å²) in [5.41, 5.74) is 7.25. The highest BCUT2D eigenvalue weighted by Crippen LogP contribution is 2.23. The summed E-state index contributed by atoms with van der Waals surface area (Å²) in [7, 11) is -3.78. The van der Waals surface area contributed by atoms with Gasteiger partial charge in [-0.2, -0.15) is 17.9 Å². The molecule has 2 N–H and O–H groups in total. The molecule has 0 aliphatic carbocycles. The molecule has 0 saturated carbocycles. The third-order valence-electron chi connectivity index (χ3n) is 4.11. The van der Waals surface area contributed by atoms with E-state index in [2.05, 4.69) is 5.10 Å². The average Bonchev–Trinajstić information content (AvgIpc) is 2.68. The lowest BCUT2D eigenvalue weighted by Crippen LogP contribution is -2.32. The second-order valence-corrected chi connectivity index (χ2v) is 8.14. The first-order chi connectivity index (χ1) is 12.4. The highest BCUT2D eigenvalue weighted by molar-refractivity contribution is 7.89. The van der Waals surface area contributed by atoms with E-state index in [0.29, 0.717) is 35.7 Å². The highest BCUT2D eigenvalue weighted by Gasteiger charge is 2.26. The number of ketones is 1. The number of hydrogen-bond acceptors (Lipinski definition) is 5. The first-order valence-electron chi connectivity index (χ1n) is 8.11. The molecule has 1 aliphatic heterocycles. The predicted octanol–water partition coefficient (Wildman–Crippen LogP) is 2.67. The second-order valence-electron chi connectivity index (χ2n) is 5.86. The molecule has 1 heterocycles. The minimum Gasteiger partial charge on any atom is -0.324 e. The van der Waals surface area contributed by atoms with Crippen LogP contribution in [0.2, 0.25) is 5.02 Å². The van der Waals surface area contributed by atoms with Gasteiger partial charge in [0.25, 0.3) is 10.0 Å². The van der Waals surface area contributed by atoms with Crippen LogP contribution in [0.3, 0.4) is 0 Å². The Hall–Kier alpha value is -2.22. The van der Waals surface area contributed by atoms with Gasteiger partial charge in [-0.3, -0.25) is 4.79 Å². The first kappa shape index (κ1) is 18.6. The van der Waals surface area contributed by atoms with Crippen molar-refractivity contribution in [3.05, 3.63) is 64.7 Å². The number of benzene rings is 2. The van der Waals surface area contributed by atoms with Gasteiger partial charge in [-0.05, 0) is 54.8 Å². The van der Waals surface area contributed by atoms with E-state index in [1.165, 1.54) is 24.3 Å². The number of nitrogens with two attached hydrogens (primary N) is 1. The number of hydrogen-bond donors (Lipinski definition) is 1. The van der Waals surface area contributed by atoms with Crippen LogP contribution in [0.1, 0.15) is 28.8 Å². The van der Waals surface area contributed by atoms with Crippen molar-refractivity contribution in [2.45, 2.75) is 17.7 Å². The summed E-state index contributed by atoms with van der Waals surface area (Å²) < 4.78 is 26.8. The topological polar surface area (TPSA) is 92.8 Å². The Morgan fingerprint density at radius 1 is 1.12 bits per heavy atom. The summed E-state index contributed by atoms with van der Waals surface area (Å²) >= 11 is 5.90. The second kappa shape index (κ2) is 7.57. The van der Waals surface area contributed by atoms with Gasteiger partial charge in [-0.25, -0.2) is 0 Å². The van der Waals surface area contributed by atoms with Crippen molar-refractivity contribution in [2.75, 3.05) is 13.1 Å². The van der Waals surface area contributed by atoms with Crippen molar-refractivity contribution in [3.63, 3.8) is 0 Å². The zero-order valence-electron chi connectivity index (χ0n) is 13.9. The Balaban J connectivity index is 1.89. The number of sulfonamides is 1. The molecule has 0 amide bonds. The molecule has 26 heavy (non-hydrogen) atoms. The van der Waals surface area contributed by atoms with E-state index >= 15 is 0 Å². The molecule has 0 saturated heterocycles. The SMILES string of the molecule is NCC(=O)c1ccc(S(=O)(=O)N2CCCC(c3ccc(Cl)cc3)=N2)cc1. The predicted molar refractivity (Wildman–Crippen MR) is 101 cm³/mol. The van der Waals surface area contributed by atoms with Crippen molar-refractivity contribution < 1.29 is 13.2 Å². The number of carbonyl (C=O) groups excluding carboxylic acids is 1. The smallest absolute Gasteiger partial charge is 0.279 e. The Morgan fingerprint density at radius 3 is 2.38 bits per heavy atom. The molecule has 0 fully saturated rings. The fourth-order valence-electron chi connectivity index (χ4n) is 2.69. The monoisotopic (exact) mass is 391 g/mol. The van der Waals surface area contributed by atoms with Crippen LogP contribution in [0.4, 0.5) is 0 Å². The maximum Gasteiger partial charge on any atom is 0.279 e. The van der Waals surface area contributed by atoms with E-state index in [0.717, 1.165) is 9.98 Å². The van der Waals surface area contributed by atoms with E-state index < -0.39 is 10.0 Å². The van der Waals surface area contributed by atoms with Crippen molar-refractivity contribution in [1.82, 2.24) is 4.41 Å². The van der Waals surface area contributed by atoms with Crippen LogP contribution in [0.15, 0.2) is 58.5 Å². The van der Waals surface area contributed by atoms with Crippen molar-refractivity contribution in [1.29, 1.82) is 0 Å². The number of carbonyl (C=O) groups is 1. The molecule has 0 radical (unpaired) electrons. The van der Waals surface area contributed by atoms with Gasteiger partial charge in [0, 0.05) is 10.6 Å². The standard InChI is InChI=1S/C18H18ClN3O3S/c19-15-7-3-13(4-8-15)17-2-1-11-22(21-17)26(24,25)16-9-5-14(6-10-16)18(23)12-20/h3-10H,1-2,11-12,20H2. The zero-order chi connectivity index (χ0) is 18.7. The fourth-order valence-corrected chi connectivity index (χ4v) is 4.11. The number of rotatable bonds is 5. The van der Waals surface area contributed by atoms with Crippen LogP contribution in [-0.4, -0.2) is 37.4 Å². The van der Waals surface area contributed by atoms with Gasteiger partial charge < -0.3 is 5.73 Å². The molecule has 2 aromatic carbocycles. The van der Waals surface area contributed by atoms with E-state index in [-0.39, 0.29) is 17.2 Å². The summed E-state index contributed by atoms with van der Waals surface area (Å²) in [5.74, 6) is -0.241. The largest absolute Gasteiger partial charge is 0.324 e. The van der Waals surface area contributed by atoms with E-state index in [1.54, 1.807) is 12.1 Å². The summed E-state index contributed by atoms with van der Waals surface area (Å²) in [4.78, 5) is 11.7. The summed E-state index contributed by atoms with van der Waals surface area (Å²) in [6.45, 7) is 0.190. The molecule has 0 spiro atoms. The molecule has 0 unspecified atom stereocenters. The van der Waals surface area contributed by atoms with Crippen molar-refractivity contribution >= 4 is 33.1 Å². The highest BCUT2D eigenvalue weighted by atomic mass is 35.5. The molecule has 8 heteroatoms. The Morgan fingerprint density at radius 2 is 1.77 bits per heavy atom. The van der Waals surface area contributed by atoms with Crippen LogP contribution < -0.4 is 5.73 Å². The Kier molecular flexibility index (Phi) is 5.41.